The Morgan fingerprint density at radius 2 is 1.75 bits per heavy atom. The highest BCUT2D eigenvalue weighted by Crippen LogP contribution is 2.25. The van der Waals surface area contributed by atoms with Crippen LogP contribution in [0.3, 0.4) is 0 Å². The second kappa shape index (κ2) is 4.00. The van der Waals surface area contributed by atoms with Crippen LogP contribution in [0.5, 0.6) is 5.75 Å². The van der Waals surface area contributed by atoms with Gasteiger partial charge in [-0.25, -0.2) is 0 Å². The monoisotopic (exact) mass is 217 g/mol. The summed E-state index contributed by atoms with van der Waals surface area (Å²) in [6, 6.07) is 5.13. The van der Waals surface area contributed by atoms with Crippen LogP contribution in [-0.4, -0.2) is 10.1 Å². The van der Waals surface area contributed by atoms with E-state index in [4.69, 9.17) is 0 Å². The summed E-state index contributed by atoms with van der Waals surface area (Å²) in [5.41, 5.74) is 2.88. The minimum atomic E-state index is -0.267. The summed E-state index contributed by atoms with van der Waals surface area (Å²) < 4.78 is 0. The molecule has 84 valence electrons. The first kappa shape index (κ1) is 10.7. The zero-order valence-electron chi connectivity index (χ0n) is 9.50. The Labute approximate surface area is 93.7 Å². The van der Waals surface area contributed by atoms with Crippen molar-refractivity contribution in [2.24, 2.45) is 0 Å². The van der Waals surface area contributed by atoms with Gasteiger partial charge < -0.3 is 10.1 Å². The Morgan fingerprint density at radius 3 is 2.38 bits per heavy atom. The minimum absolute atomic E-state index is 0.0519. The Hall–Kier alpha value is -1.77. The third kappa shape index (κ3) is 1.69. The predicted octanol–water partition coefficient (Wildman–Crippen LogP) is 2.36. The van der Waals surface area contributed by atoms with Crippen molar-refractivity contribution in [2.75, 3.05) is 0 Å². The number of hydrogen-bond donors (Lipinski definition) is 2. The van der Waals surface area contributed by atoms with Crippen molar-refractivity contribution in [3.05, 3.63) is 39.7 Å². The van der Waals surface area contributed by atoms with Crippen molar-refractivity contribution in [3.8, 4) is 5.75 Å². The van der Waals surface area contributed by atoms with Crippen LogP contribution in [0.15, 0.2) is 23.0 Å². The average Bonchev–Trinajstić information content (AvgIpc) is 2.27. The highest BCUT2D eigenvalue weighted by Gasteiger charge is 2.06. The maximum atomic E-state index is 11.2. The van der Waals surface area contributed by atoms with Crippen LogP contribution in [-0.2, 0) is 12.8 Å². The third-order valence-corrected chi connectivity index (χ3v) is 2.90. The van der Waals surface area contributed by atoms with Gasteiger partial charge in [-0.2, -0.15) is 0 Å². The maximum Gasteiger partial charge on any atom is 0.252 e. The smallest absolute Gasteiger partial charge is 0.252 e. The molecular weight excluding hydrogens is 202 g/mol. The summed E-state index contributed by atoms with van der Waals surface area (Å²) in [6.45, 7) is 4.17. The zero-order chi connectivity index (χ0) is 11.7. The number of aromatic nitrogens is 1. The molecule has 0 unspecified atom stereocenters. The van der Waals surface area contributed by atoms with Crippen molar-refractivity contribution >= 4 is 10.9 Å². The van der Waals surface area contributed by atoms with Crippen LogP contribution in [0, 0.1) is 0 Å². The van der Waals surface area contributed by atoms with Crippen LogP contribution in [0.1, 0.15) is 25.0 Å². The highest BCUT2D eigenvalue weighted by atomic mass is 16.3. The number of nitrogens with one attached hydrogen (secondary N) is 1. The lowest BCUT2D eigenvalue weighted by atomic mass is 10.00. The second-order valence-electron chi connectivity index (χ2n) is 3.89. The molecule has 1 aromatic heterocycles. The first-order valence-corrected chi connectivity index (χ1v) is 5.53. The van der Waals surface area contributed by atoms with Gasteiger partial charge in [-0.05, 0) is 36.1 Å². The van der Waals surface area contributed by atoms with Gasteiger partial charge in [0.2, 0.25) is 0 Å². The first-order valence-electron chi connectivity index (χ1n) is 5.53. The summed E-state index contributed by atoms with van der Waals surface area (Å²) in [4.78, 5) is 14.0. The molecule has 0 saturated carbocycles. The number of pyridine rings is 1. The van der Waals surface area contributed by atoms with Crippen LogP contribution >= 0.6 is 0 Å². The van der Waals surface area contributed by atoms with E-state index in [0.29, 0.717) is 10.9 Å². The van der Waals surface area contributed by atoms with Gasteiger partial charge in [0.05, 0.1) is 5.52 Å². The van der Waals surface area contributed by atoms with E-state index >= 15 is 0 Å². The Kier molecular flexibility index (Phi) is 2.69. The fourth-order valence-electron chi connectivity index (χ4n) is 2.03. The normalized spacial score (nSPS) is 10.9. The molecule has 1 heterocycles. The molecule has 0 bridgehead atoms. The van der Waals surface area contributed by atoms with Crippen LogP contribution in [0.4, 0.5) is 0 Å². The van der Waals surface area contributed by atoms with Gasteiger partial charge >= 0.3 is 0 Å². The van der Waals surface area contributed by atoms with Gasteiger partial charge in [0.1, 0.15) is 5.75 Å². The van der Waals surface area contributed by atoms with E-state index < -0.39 is 0 Å². The summed E-state index contributed by atoms with van der Waals surface area (Å²) in [5.74, 6) is 0.0519. The van der Waals surface area contributed by atoms with Gasteiger partial charge in [-0.3, -0.25) is 4.79 Å². The predicted molar refractivity (Wildman–Crippen MR) is 65.0 cm³/mol. The molecule has 0 atom stereocenters. The van der Waals surface area contributed by atoms with E-state index in [1.54, 1.807) is 0 Å². The van der Waals surface area contributed by atoms with Crippen molar-refractivity contribution in [1.29, 1.82) is 0 Å². The Bertz CT molecular complexity index is 584. The summed E-state index contributed by atoms with van der Waals surface area (Å²) in [6.07, 6.45) is 1.86. The number of hydrogen-bond acceptors (Lipinski definition) is 2. The number of H-pyrrole nitrogens is 1. The zero-order valence-corrected chi connectivity index (χ0v) is 9.50. The molecule has 0 amide bonds. The molecule has 0 radical (unpaired) electrons. The average molecular weight is 217 g/mol. The van der Waals surface area contributed by atoms with E-state index in [0.717, 1.165) is 12.8 Å². The fraction of sp³-hybridized carbons (Fsp3) is 0.308. The van der Waals surface area contributed by atoms with Crippen molar-refractivity contribution in [3.63, 3.8) is 0 Å². The Morgan fingerprint density at radius 1 is 1.12 bits per heavy atom. The summed E-state index contributed by atoms with van der Waals surface area (Å²) in [5, 5.41) is 10.4. The van der Waals surface area contributed by atoms with Crippen LogP contribution < -0.4 is 5.56 Å². The molecule has 0 aliphatic carbocycles. The van der Waals surface area contributed by atoms with Crippen molar-refractivity contribution in [2.45, 2.75) is 26.7 Å². The maximum absolute atomic E-state index is 11.2. The lowest BCUT2D eigenvalue weighted by Crippen LogP contribution is -2.04. The molecule has 2 N–H and O–H groups in total. The number of aryl methyl sites for hydroxylation is 2. The molecular formula is C13H15NO2. The minimum Gasteiger partial charge on any atom is -0.507 e. The van der Waals surface area contributed by atoms with Gasteiger partial charge in [0.25, 0.3) is 5.56 Å². The SMILES string of the molecule is CCc1cc2[nH]c(=O)cc(O)c2cc1CC. The molecule has 3 nitrogen and oxygen atoms in total. The molecule has 0 aliphatic heterocycles. The van der Waals surface area contributed by atoms with E-state index in [9.17, 15) is 9.90 Å². The molecule has 3 heteroatoms. The van der Waals surface area contributed by atoms with Crippen molar-refractivity contribution < 1.29 is 5.11 Å². The topological polar surface area (TPSA) is 53.1 Å². The molecule has 16 heavy (non-hydrogen) atoms. The molecule has 0 spiro atoms. The third-order valence-electron chi connectivity index (χ3n) is 2.90. The molecule has 0 aliphatic rings. The summed E-state index contributed by atoms with van der Waals surface area (Å²) in [7, 11) is 0. The second-order valence-corrected chi connectivity index (χ2v) is 3.89. The van der Waals surface area contributed by atoms with Gasteiger partial charge in [0.15, 0.2) is 0 Å². The molecule has 1 aromatic carbocycles. The molecule has 0 fully saturated rings. The first-order chi connectivity index (χ1) is 7.65. The van der Waals surface area contributed by atoms with E-state index in [-0.39, 0.29) is 11.3 Å². The van der Waals surface area contributed by atoms with E-state index in [2.05, 4.69) is 18.8 Å². The Balaban J connectivity index is 2.83. The fourth-order valence-corrected chi connectivity index (χ4v) is 2.03. The highest BCUT2D eigenvalue weighted by molar-refractivity contribution is 5.85. The van der Waals surface area contributed by atoms with Crippen molar-refractivity contribution in [1.82, 2.24) is 4.98 Å². The quantitative estimate of drug-likeness (QED) is 0.811. The van der Waals surface area contributed by atoms with Gasteiger partial charge in [-0.15, -0.1) is 0 Å². The van der Waals surface area contributed by atoms with Gasteiger partial charge in [-0.1, -0.05) is 13.8 Å². The number of benzene rings is 1. The lowest BCUT2D eigenvalue weighted by Gasteiger charge is -2.08. The van der Waals surface area contributed by atoms with Gasteiger partial charge in [0, 0.05) is 11.5 Å². The standard InChI is InChI=1S/C13H15NO2/c1-3-8-5-10-11(6-9(8)4-2)14-13(16)7-12(10)15/h5-7H,3-4H2,1-2H3,(H2,14,15,16). The molecule has 0 saturated heterocycles. The number of fused-ring (bicyclic) bond motifs is 1. The number of aromatic amines is 1. The summed E-state index contributed by atoms with van der Waals surface area (Å²) >= 11 is 0. The largest absolute Gasteiger partial charge is 0.507 e. The number of rotatable bonds is 2. The van der Waals surface area contributed by atoms with Crippen LogP contribution in [0.25, 0.3) is 10.9 Å². The van der Waals surface area contributed by atoms with E-state index in [1.807, 2.05) is 12.1 Å². The van der Waals surface area contributed by atoms with Crippen LogP contribution in [0.2, 0.25) is 0 Å². The molecule has 2 aromatic rings. The molecule has 2 rings (SSSR count). The van der Waals surface area contributed by atoms with E-state index in [1.165, 1.54) is 17.2 Å². The lowest BCUT2D eigenvalue weighted by molar-refractivity contribution is 0.480. The number of aromatic hydroxyl groups is 1.